The van der Waals surface area contributed by atoms with Crippen LogP contribution in [-0.4, -0.2) is 30.9 Å². The summed E-state index contributed by atoms with van der Waals surface area (Å²) in [5, 5.41) is 1.68. The molecule has 2 aliphatic rings. The molecule has 0 spiro atoms. The van der Waals surface area contributed by atoms with E-state index in [-0.39, 0.29) is 37.1 Å². The van der Waals surface area contributed by atoms with Crippen LogP contribution in [0, 0.1) is 18.8 Å². The molecule has 0 radical (unpaired) electrons. The van der Waals surface area contributed by atoms with E-state index in [9.17, 15) is 0 Å². The summed E-state index contributed by atoms with van der Waals surface area (Å²) in [6, 6.07) is 54.6. The zero-order chi connectivity index (χ0) is 49.1. The van der Waals surface area contributed by atoms with E-state index in [4.69, 9.17) is 23.4 Å². The van der Waals surface area contributed by atoms with Crippen molar-refractivity contribution in [3.05, 3.63) is 181 Å². The van der Waals surface area contributed by atoms with Gasteiger partial charge in [-0.25, -0.2) is 4.98 Å². The average molecular weight is 1120 g/mol. The van der Waals surface area contributed by atoms with Crippen molar-refractivity contribution in [1.29, 1.82) is 0 Å². The topological polar surface area (TPSA) is 61.2 Å². The number of hydrogen-bond acceptors (Lipinski definition) is 7. The van der Waals surface area contributed by atoms with Crippen LogP contribution in [0.15, 0.2) is 140 Å². The summed E-state index contributed by atoms with van der Waals surface area (Å²) in [5.74, 6) is 1.19. The van der Waals surface area contributed by atoms with E-state index in [1.165, 1.54) is 16.5 Å². The number of hydrogen-bond donors (Lipinski definition) is 0. The molecule has 0 N–H and O–H groups in total. The molecule has 364 valence electrons. The Labute approximate surface area is 436 Å². The van der Waals surface area contributed by atoms with Gasteiger partial charge < -0.3 is 32.8 Å². The second-order valence-electron chi connectivity index (χ2n) is 22.3. The molecule has 2 aliphatic heterocycles. The Bertz CT molecular complexity index is 3180. The van der Waals surface area contributed by atoms with E-state index in [0.29, 0.717) is 19.1 Å². The van der Waals surface area contributed by atoms with Crippen molar-refractivity contribution in [2.45, 2.75) is 111 Å². The quantitative estimate of drug-likeness (QED) is 0.0999. The smallest absolute Gasteiger partial charge is 0.468 e. The largest absolute Gasteiger partial charge is 0.493 e. The van der Waals surface area contributed by atoms with Gasteiger partial charge in [-0.1, -0.05) is 154 Å². The molecule has 0 atom stereocenters. The van der Waals surface area contributed by atoms with Gasteiger partial charge in [0.05, 0.1) is 0 Å². The number of nitrogens with zero attached hydrogens (tertiary/aromatic N) is 4. The summed E-state index contributed by atoms with van der Waals surface area (Å²) in [6.07, 6.45) is 1.83. The minimum atomic E-state index is -0.717. The predicted molar refractivity (Wildman–Crippen MR) is 290 cm³/mol. The predicted octanol–water partition coefficient (Wildman–Crippen LogP) is 14.3. The first-order valence-corrected chi connectivity index (χ1v) is 24.6. The number of rotatable bonds is 10. The molecule has 0 bridgehead atoms. The maximum atomic E-state index is 6.91. The molecular formula is C59H62B3N4O4Pt-3. The van der Waals surface area contributed by atoms with Gasteiger partial charge >= 0.3 is 21.4 Å². The molecule has 1 saturated heterocycles. The zero-order valence-corrected chi connectivity index (χ0v) is 45.1. The van der Waals surface area contributed by atoms with Gasteiger partial charge in [-0.15, -0.1) is 28.9 Å². The molecular weight excluding hydrogens is 1060 g/mol. The molecule has 10 rings (SSSR count). The van der Waals surface area contributed by atoms with E-state index < -0.39 is 21.4 Å². The Morgan fingerprint density at radius 3 is 1.99 bits per heavy atom. The van der Waals surface area contributed by atoms with Crippen LogP contribution in [0.5, 0.6) is 0 Å². The van der Waals surface area contributed by atoms with Gasteiger partial charge in [-0.2, -0.15) is 42.5 Å². The second-order valence-corrected chi connectivity index (χ2v) is 22.3. The zero-order valence-electron chi connectivity index (χ0n) is 42.8. The van der Waals surface area contributed by atoms with Crippen LogP contribution < -0.4 is 15.3 Å². The van der Waals surface area contributed by atoms with E-state index >= 15 is 0 Å². The van der Waals surface area contributed by atoms with Crippen molar-refractivity contribution < 1.29 is 39.5 Å². The molecule has 6 aromatic carbocycles. The Kier molecular flexibility index (Phi) is 14.2. The van der Waals surface area contributed by atoms with Crippen LogP contribution in [0.1, 0.15) is 104 Å². The number of pyridine rings is 1. The average Bonchev–Trinajstić information content (AvgIpc) is 3.89. The normalized spacial score (nSPS) is 14.5. The fourth-order valence-corrected chi connectivity index (χ4v) is 9.45. The van der Waals surface area contributed by atoms with Crippen molar-refractivity contribution in [1.82, 2.24) is 9.55 Å². The molecule has 8 nitrogen and oxygen atoms in total. The fourth-order valence-electron chi connectivity index (χ4n) is 9.45. The maximum Gasteiger partial charge on any atom is 0.468 e. The Morgan fingerprint density at radius 2 is 1.31 bits per heavy atom. The van der Waals surface area contributed by atoms with E-state index in [1.54, 1.807) is 0 Å². The van der Waals surface area contributed by atoms with E-state index in [2.05, 4.69) is 225 Å². The van der Waals surface area contributed by atoms with Crippen molar-refractivity contribution in [2.24, 2.45) is 0 Å². The van der Waals surface area contributed by atoms with Crippen molar-refractivity contribution in [3.63, 3.8) is 0 Å². The van der Waals surface area contributed by atoms with Crippen LogP contribution in [0.4, 0.5) is 22.7 Å². The molecule has 71 heavy (non-hydrogen) atoms. The summed E-state index contributed by atoms with van der Waals surface area (Å²) in [7, 11) is -1.73. The minimum Gasteiger partial charge on any atom is -0.493 e. The van der Waals surface area contributed by atoms with Gasteiger partial charge in [-0.05, 0) is 74.4 Å². The Hall–Kier alpha value is -5.41. The number of benzene rings is 6. The molecule has 4 heterocycles. The van der Waals surface area contributed by atoms with E-state index in [1.807, 2.05) is 24.4 Å². The van der Waals surface area contributed by atoms with Crippen LogP contribution in [0.2, 0.25) is 10.6 Å². The first-order valence-electron chi connectivity index (χ1n) is 24.6. The summed E-state index contributed by atoms with van der Waals surface area (Å²) < 4.78 is 29.1. The van der Waals surface area contributed by atoms with Gasteiger partial charge in [0.1, 0.15) is 5.82 Å². The minimum absolute atomic E-state index is 0. The van der Waals surface area contributed by atoms with Crippen molar-refractivity contribution in [2.75, 3.05) is 9.80 Å². The standard InChI is InChI=1S/C59H62B3N4O4.Pt/c1-40(2)43-34-44(36-45(35-43)57(3,4)5)47-23-19-24-50(60-68-61(58(6,7)8)70-62(69-60)59(9,10)11)56(47)65-39-64(52-26-14-15-27-53(52)65)46-21-18-20-41(32-46)37-67-38-42-29-30-49-48-22-12-13-25-51(48)66(54(49)33-42)55-28-16-17-31-63-55;/h12-31,34-36,39-40H,37-38H2,1-11H3;/q-3;. The molecule has 8 aromatic rings. The number of aromatic nitrogens is 2. The third-order valence-electron chi connectivity index (χ3n) is 13.3. The number of fused-ring (bicyclic) bond motifs is 4. The number of anilines is 4. The summed E-state index contributed by atoms with van der Waals surface area (Å²) in [5.41, 5.74) is 13.6. The Balaban J connectivity index is 0.00000624. The van der Waals surface area contributed by atoms with Crippen molar-refractivity contribution in [3.8, 4) is 16.9 Å². The van der Waals surface area contributed by atoms with E-state index in [0.717, 1.165) is 72.7 Å². The molecule has 1 fully saturated rings. The maximum absolute atomic E-state index is 6.91. The molecule has 12 heteroatoms. The molecule has 0 amide bonds. The fraction of sp³-hybridized carbons (Fsp3) is 0.288. The number of para-hydroxylation sites is 4. The summed E-state index contributed by atoms with van der Waals surface area (Å²) in [4.78, 5) is 9.24. The second kappa shape index (κ2) is 19.9. The molecule has 0 unspecified atom stereocenters. The van der Waals surface area contributed by atoms with Crippen molar-refractivity contribution >= 4 is 71.4 Å². The summed E-state index contributed by atoms with van der Waals surface area (Å²) >= 11 is 0. The van der Waals surface area contributed by atoms with Gasteiger partial charge in [0.25, 0.3) is 0 Å². The van der Waals surface area contributed by atoms with Gasteiger partial charge in [-0.3, -0.25) is 0 Å². The van der Waals surface area contributed by atoms with Gasteiger partial charge in [0, 0.05) is 74.1 Å². The van der Waals surface area contributed by atoms with Crippen LogP contribution in [0.3, 0.4) is 0 Å². The monoisotopic (exact) mass is 1120 g/mol. The number of ether oxygens (including phenoxy) is 1. The third-order valence-corrected chi connectivity index (χ3v) is 13.3. The first kappa shape index (κ1) is 50.5. The summed E-state index contributed by atoms with van der Waals surface area (Å²) in [6.45, 7) is 27.3. The Morgan fingerprint density at radius 1 is 0.648 bits per heavy atom. The molecule has 0 saturated carbocycles. The first-order chi connectivity index (χ1) is 33.4. The molecule has 2 aromatic heterocycles. The van der Waals surface area contributed by atoms with Crippen LogP contribution in [0.25, 0.3) is 38.8 Å². The van der Waals surface area contributed by atoms with Crippen LogP contribution in [-0.2, 0) is 58.1 Å². The van der Waals surface area contributed by atoms with Crippen LogP contribution >= 0.6 is 0 Å². The molecule has 0 aliphatic carbocycles. The van der Waals surface area contributed by atoms with Gasteiger partial charge in [0.2, 0.25) is 0 Å². The third kappa shape index (κ3) is 10.2. The SMILES string of the molecule is CC(C)c1cc(-c2cccc(B3OB(C(C)(C)C)OB(C(C)(C)C)O3)c2N2[CH-]N(c3[c-]c(COCc4[c-]c5c(cc4)c4ccccc4n5-c4ccccn4)ccc3)c3ccccc32)cc(C(C)(C)C)c1.[Pt]. The van der Waals surface area contributed by atoms with Gasteiger partial charge in [0.15, 0.2) is 0 Å².